The molecular weight excluding hydrogens is 278 g/mol. The number of nitrogens with one attached hydrogen (secondary N) is 1. The van der Waals surface area contributed by atoms with Crippen LogP contribution in [0.1, 0.15) is 5.56 Å². The molecular formula is C14H17NO4S. The van der Waals surface area contributed by atoms with Crippen LogP contribution < -0.4 is 10.1 Å². The Labute approximate surface area is 122 Å². The molecule has 1 aromatic carbocycles. The minimum Gasteiger partial charge on any atom is -0.497 e. The van der Waals surface area contributed by atoms with E-state index < -0.39 is 17.9 Å². The minimum absolute atomic E-state index is 0.331. The van der Waals surface area contributed by atoms with Crippen molar-refractivity contribution >= 4 is 29.7 Å². The van der Waals surface area contributed by atoms with Crippen molar-refractivity contribution < 1.29 is 19.4 Å². The smallest absolute Gasteiger partial charge is 0.327 e. The van der Waals surface area contributed by atoms with Gasteiger partial charge in [-0.25, -0.2) is 4.79 Å². The molecule has 1 rings (SSSR count). The van der Waals surface area contributed by atoms with Gasteiger partial charge in [0.05, 0.1) is 7.11 Å². The number of thioether (sulfide) groups is 1. The third-order valence-electron chi connectivity index (χ3n) is 2.49. The summed E-state index contributed by atoms with van der Waals surface area (Å²) in [7, 11) is 1.58. The number of carbonyl (C=O) groups is 2. The minimum atomic E-state index is -1.04. The van der Waals surface area contributed by atoms with E-state index in [1.54, 1.807) is 43.7 Å². The molecule has 0 unspecified atom stereocenters. The van der Waals surface area contributed by atoms with Crippen molar-refractivity contribution in [2.75, 3.05) is 19.1 Å². The number of rotatable bonds is 7. The van der Waals surface area contributed by atoms with Gasteiger partial charge in [0.25, 0.3) is 0 Å². The van der Waals surface area contributed by atoms with Gasteiger partial charge in [0, 0.05) is 11.8 Å². The van der Waals surface area contributed by atoms with Crippen LogP contribution in [-0.2, 0) is 9.59 Å². The zero-order chi connectivity index (χ0) is 15.0. The molecule has 0 aliphatic rings. The van der Waals surface area contributed by atoms with E-state index in [0.29, 0.717) is 5.75 Å². The number of carboxylic acid groups (broad SMARTS) is 1. The van der Waals surface area contributed by atoms with Crippen LogP contribution in [0.25, 0.3) is 6.08 Å². The Hall–Kier alpha value is -1.95. The summed E-state index contributed by atoms with van der Waals surface area (Å²) >= 11 is 1.37. The number of carbonyl (C=O) groups excluding carboxylic acids is 1. The third kappa shape index (κ3) is 5.36. The molecule has 0 fully saturated rings. The Morgan fingerprint density at radius 2 is 2.05 bits per heavy atom. The predicted octanol–water partition coefficient (Wildman–Crippen LogP) is 1.64. The van der Waals surface area contributed by atoms with Crippen molar-refractivity contribution in [3.63, 3.8) is 0 Å². The van der Waals surface area contributed by atoms with E-state index >= 15 is 0 Å². The molecule has 0 aliphatic heterocycles. The fourth-order valence-corrected chi connectivity index (χ4v) is 2.01. The summed E-state index contributed by atoms with van der Waals surface area (Å²) in [5.41, 5.74) is 0.831. The Balaban J connectivity index is 2.59. The quantitative estimate of drug-likeness (QED) is 0.748. The summed E-state index contributed by atoms with van der Waals surface area (Å²) in [6.45, 7) is 0. The number of amides is 1. The number of hydrogen-bond acceptors (Lipinski definition) is 4. The first-order valence-corrected chi connectivity index (χ1v) is 7.30. The topological polar surface area (TPSA) is 75.6 Å². The molecule has 20 heavy (non-hydrogen) atoms. The SMILES string of the molecule is COc1ccc(/C=C/C(=O)N[C@@H](CSC)C(=O)O)cc1. The van der Waals surface area contributed by atoms with E-state index in [4.69, 9.17) is 9.84 Å². The van der Waals surface area contributed by atoms with Gasteiger partial charge < -0.3 is 15.2 Å². The van der Waals surface area contributed by atoms with Crippen molar-refractivity contribution in [2.24, 2.45) is 0 Å². The molecule has 108 valence electrons. The normalized spacial score (nSPS) is 12.1. The molecule has 0 radical (unpaired) electrons. The zero-order valence-electron chi connectivity index (χ0n) is 11.3. The van der Waals surface area contributed by atoms with E-state index in [-0.39, 0.29) is 0 Å². The van der Waals surface area contributed by atoms with Crippen molar-refractivity contribution in [1.82, 2.24) is 5.32 Å². The Kier molecular flexibility index (Phi) is 6.66. The monoisotopic (exact) mass is 295 g/mol. The first-order valence-electron chi connectivity index (χ1n) is 5.91. The molecule has 0 spiro atoms. The van der Waals surface area contributed by atoms with Crippen molar-refractivity contribution in [1.29, 1.82) is 0 Å². The van der Waals surface area contributed by atoms with Crippen LogP contribution in [-0.4, -0.2) is 42.1 Å². The van der Waals surface area contributed by atoms with Crippen LogP contribution in [0, 0.1) is 0 Å². The fraction of sp³-hybridized carbons (Fsp3) is 0.286. The number of ether oxygens (including phenoxy) is 1. The Morgan fingerprint density at radius 3 is 2.55 bits per heavy atom. The maximum Gasteiger partial charge on any atom is 0.327 e. The molecule has 1 amide bonds. The van der Waals surface area contributed by atoms with E-state index in [0.717, 1.165) is 11.3 Å². The molecule has 0 aromatic heterocycles. The molecule has 0 bridgehead atoms. The lowest BCUT2D eigenvalue weighted by Crippen LogP contribution is -2.41. The van der Waals surface area contributed by atoms with Gasteiger partial charge >= 0.3 is 5.97 Å². The molecule has 0 saturated carbocycles. The number of carboxylic acids is 1. The summed E-state index contributed by atoms with van der Waals surface area (Å²) in [6.07, 6.45) is 4.72. The molecule has 1 atom stereocenters. The van der Waals surface area contributed by atoms with Crippen molar-refractivity contribution in [3.05, 3.63) is 35.9 Å². The van der Waals surface area contributed by atoms with Crippen LogP contribution in [0.2, 0.25) is 0 Å². The van der Waals surface area contributed by atoms with Crippen LogP contribution in [0.5, 0.6) is 5.75 Å². The van der Waals surface area contributed by atoms with E-state index in [9.17, 15) is 9.59 Å². The summed E-state index contributed by atoms with van der Waals surface area (Å²) in [5.74, 6) is -0.400. The number of benzene rings is 1. The van der Waals surface area contributed by atoms with Crippen LogP contribution in [0.3, 0.4) is 0 Å². The molecule has 0 aliphatic carbocycles. The molecule has 2 N–H and O–H groups in total. The van der Waals surface area contributed by atoms with Crippen LogP contribution >= 0.6 is 11.8 Å². The van der Waals surface area contributed by atoms with Crippen LogP contribution in [0.15, 0.2) is 30.3 Å². The van der Waals surface area contributed by atoms with Gasteiger partial charge in [-0.05, 0) is 30.0 Å². The highest BCUT2D eigenvalue weighted by Crippen LogP contribution is 2.12. The predicted molar refractivity (Wildman–Crippen MR) is 80.0 cm³/mol. The van der Waals surface area contributed by atoms with Crippen molar-refractivity contribution in [2.45, 2.75) is 6.04 Å². The number of hydrogen-bond donors (Lipinski definition) is 2. The lowest BCUT2D eigenvalue weighted by molar-refractivity contribution is -0.140. The molecule has 5 nitrogen and oxygen atoms in total. The maximum atomic E-state index is 11.6. The standard InChI is InChI=1S/C14H17NO4S/c1-19-11-6-3-10(4-7-11)5-8-13(16)15-12(9-20-2)14(17)18/h3-8,12H,9H2,1-2H3,(H,15,16)(H,17,18)/b8-5+/t12-/m0/s1. The molecule has 0 saturated heterocycles. The van der Waals surface area contributed by atoms with Crippen molar-refractivity contribution in [3.8, 4) is 5.75 Å². The number of methoxy groups -OCH3 is 1. The second-order valence-corrected chi connectivity index (χ2v) is 4.87. The highest BCUT2D eigenvalue weighted by atomic mass is 32.2. The molecule has 0 heterocycles. The van der Waals surface area contributed by atoms with Gasteiger partial charge in [0.2, 0.25) is 5.91 Å². The average molecular weight is 295 g/mol. The van der Waals surface area contributed by atoms with Crippen LogP contribution in [0.4, 0.5) is 0 Å². The summed E-state index contributed by atoms with van der Waals surface area (Å²) in [4.78, 5) is 22.5. The molecule has 1 aromatic rings. The highest BCUT2D eigenvalue weighted by molar-refractivity contribution is 7.98. The van der Waals surface area contributed by atoms with Gasteiger partial charge in [-0.1, -0.05) is 12.1 Å². The van der Waals surface area contributed by atoms with E-state index in [1.807, 2.05) is 0 Å². The second kappa shape index (κ2) is 8.27. The van der Waals surface area contributed by atoms with Gasteiger partial charge in [0.15, 0.2) is 0 Å². The van der Waals surface area contributed by atoms with E-state index in [1.165, 1.54) is 17.8 Å². The van der Waals surface area contributed by atoms with Gasteiger partial charge in [-0.15, -0.1) is 0 Å². The largest absolute Gasteiger partial charge is 0.497 e. The highest BCUT2D eigenvalue weighted by Gasteiger charge is 2.17. The maximum absolute atomic E-state index is 11.6. The second-order valence-electron chi connectivity index (χ2n) is 3.96. The lowest BCUT2D eigenvalue weighted by Gasteiger charge is -2.11. The first-order chi connectivity index (χ1) is 9.56. The number of aliphatic carboxylic acids is 1. The Morgan fingerprint density at radius 1 is 1.40 bits per heavy atom. The fourth-order valence-electron chi connectivity index (χ4n) is 1.45. The third-order valence-corrected chi connectivity index (χ3v) is 3.16. The van der Waals surface area contributed by atoms with Gasteiger partial charge in [0.1, 0.15) is 11.8 Å². The zero-order valence-corrected chi connectivity index (χ0v) is 12.1. The average Bonchev–Trinajstić information content (AvgIpc) is 2.45. The molecule has 6 heteroatoms. The summed E-state index contributed by atoms with van der Waals surface area (Å²) in [6, 6.07) is 6.30. The first kappa shape index (κ1) is 16.1. The van der Waals surface area contributed by atoms with E-state index in [2.05, 4.69) is 5.32 Å². The Bertz CT molecular complexity index is 484. The van der Waals surface area contributed by atoms with Gasteiger partial charge in [-0.3, -0.25) is 4.79 Å². The van der Waals surface area contributed by atoms with Gasteiger partial charge in [-0.2, -0.15) is 11.8 Å². The summed E-state index contributed by atoms with van der Waals surface area (Å²) < 4.78 is 5.03. The lowest BCUT2D eigenvalue weighted by atomic mass is 10.2. The summed E-state index contributed by atoms with van der Waals surface area (Å²) in [5, 5.41) is 11.4.